The zero-order valence-corrected chi connectivity index (χ0v) is 10.6. The Balaban J connectivity index is 2.56. The van der Waals surface area contributed by atoms with Crippen LogP contribution in [0.4, 0.5) is 17.6 Å². The van der Waals surface area contributed by atoms with Crippen LogP contribution in [0, 0.1) is 0 Å². The van der Waals surface area contributed by atoms with Gasteiger partial charge in [0.25, 0.3) is 0 Å². The van der Waals surface area contributed by atoms with E-state index in [-0.39, 0.29) is 18.6 Å². The summed E-state index contributed by atoms with van der Waals surface area (Å²) in [6, 6.07) is -0.609. The van der Waals surface area contributed by atoms with E-state index in [4.69, 9.17) is 0 Å². The largest absolute Gasteiger partial charge is 0.397 e. The Bertz CT molecular complexity index is 311. The number of hydrogen-bond acceptors (Lipinski definition) is 2. The van der Waals surface area contributed by atoms with Crippen LogP contribution in [0.15, 0.2) is 0 Å². The molecular formula is C11H18F4N2O. The van der Waals surface area contributed by atoms with Crippen molar-refractivity contribution in [3.05, 3.63) is 0 Å². The van der Waals surface area contributed by atoms with Gasteiger partial charge in [-0.2, -0.15) is 13.2 Å². The van der Waals surface area contributed by atoms with Crippen molar-refractivity contribution in [2.45, 2.75) is 51.1 Å². The lowest BCUT2D eigenvalue weighted by Crippen LogP contribution is -2.48. The van der Waals surface area contributed by atoms with Gasteiger partial charge in [0, 0.05) is 12.1 Å². The number of hydrogen-bond donors (Lipinski definition) is 1. The molecule has 1 amide bonds. The van der Waals surface area contributed by atoms with Gasteiger partial charge in [-0.3, -0.25) is 4.79 Å². The highest BCUT2D eigenvalue weighted by molar-refractivity contribution is 5.77. The van der Waals surface area contributed by atoms with Crippen molar-refractivity contribution in [1.82, 2.24) is 10.2 Å². The minimum Gasteiger partial charge on any atom is -0.338 e. The second kappa shape index (κ2) is 5.03. The van der Waals surface area contributed by atoms with Crippen molar-refractivity contribution in [2.24, 2.45) is 0 Å². The molecule has 106 valence electrons. The summed E-state index contributed by atoms with van der Waals surface area (Å²) in [5.41, 5.74) is -0.349. The molecule has 1 aliphatic rings. The molecule has 1 fully saturated rings. The highest BCUT2D eigenvalue weighted by atomic mass is 19.4. The molecule has 1 saturated heterocycles. The summed E-state index contributed by atoms with van der Waals surface area (Å²) in [5, 5.41) is 2.97. The molecule has 0 spiro atoms. The van der Waals surface area contributed by atoms with Crippen molar-refractivity contribution in [3.8, 4) is 0 Å². The molecule has 0 radical (unpaired) electrons. The number of alkyl halides is 4. The van der Waals surface area contributed by atoms with E-state index in [2.05, 4.69) is 5.32 Å². The van der Waals surface area contributed by atoms with Gasteiger partial charge in [0.2, 0.25) is 5.91 Å². The van der Waals surface area contributed by atoms with Gasteiger partial charge in [-0.1, -0.05) is 0 Å². The summed E-state index contributed by atoms with van der Waals surface area (Å²) in [6.07, 6.45) is -7.40. The summed E-state index contributed by atoms with van der Waals surface area (Å²) >= 11 is 0. The molecule has 0 aliphatic carbocycles. The lowest BCUT2D eigenvalue weighted by atomic mass is 10.1. The predicted molar refractivity (Wildman–Crippen MR) is 58.8 cm³/mol. The molecule has 1 rings (SSSR count). The zero-order valence-electron chi connectivity index (χ0n) is 10.6. The van der Waals surface area contributed by atoms with Gasteiger partial charge >= 0.3 is 6.18 Å². The Labute approximate surface area is 104 Å². The Hall–Kier alpha value is -0.850. The number of carbonyl (C=O) groups is 1. The quantitative estimate of drug-likeness (QED) is 0.777. The third-order valence-electron chi connectivity index (χ3n) is 2.57. The molecule has 1 heterocycles. The molecule has 0 saturated carbocycles. The molecule has 0 aromatic rings. The van der Waals surface area contributed by atoms with Crippen molar-refractivity contribution < 1.29 is 22.4 Å². The number of amides is 1. The zero-order chi connectivity index (χ0) is 14.1. The third-order valence-corrected chi connectivity index (χ3v) is 2.57. The summed E-state index contributed by atoms with van der Waals surface area (Å²) in [5.74, 6) is -1.07. The van der Waals surface area contributed by atoms with E-state index < -0.39 is 30.7 Å². The Kier molecular flexibility index (Phi) is 4.25. The smallest absolute Gasteiger partial charge is 0.338 e. The van der Waals surface area contributed by atoms with Gasteiger partial charge in [-0.15, -0.1) is 0 Å². The van der Waals surface area contributed by atoms with Crippen molar-refractivity contribution >= 4 is 5.91 Å². The summed E-state index contributed by atoms with van der Waals surface area (Å²) < 4.78 is 49.8. The fraction of sp³-hybridized carbons (Fsp3) is 0.909. The fourth-order valence-corrected chi connectivity index (χ4v) is 1.94. The molecule has 18 heavy (non-hydrogen) atoms. The fourth-order valence-electron chi connectivity index (χ4n) is 1.94. The minimum atomic E-state index is -4.54. The van der Waals surface area contributed by atoms with E-state index in [1.165, 1.54) is 0 Å². The molecule has 0 bridgehead atoms. The first-order chi connectivity index (χ1) is 7.98. The summed E-state index contributed by atoms with van der Waals surface area (Å²) in [7, 11) is 0. The number of rotatable bonds is 2. The SMILES string of the molecule is CC(C)(C)N[C@@H]1CN(C(=O)CC(F)(F)F)C[C@@H]1F. The maximum atomic E-state index is 13.6. The molecule has 0 unspecified atom stereocenters. The maximum absolute atomic E-state index is 13.6. The number of nitrogens with one attached hydrogen (secondary N) is 1. The second-order valence-electron chi connectivity index (χ2n) is 5.61. The number of likely N-dealkylation sites (tertiary alicyclic amines) is 1. The summed E-state index contributed by atoms with van der Waals surface area (Å²) in [4.78, 5) is 12.3. The van der Waals surface area contributed by atoms with Crippen LogP contribution in [0.5, 0.6) is 0 Å². The normalized spacial score (nSPS) is 25.6. The van der Waals surface area contributed by atoms with E-state index in [1.54, 1.807) is 0 Å². The van der Waals surface area contributed by atoms with Crippen LogP contribution in [0.3, 0.4) is 0 Å². The van der Waals surface area contributed by atoms with Crippen LogP contribution in [-0.2, 0) is 4.79 Å². The average molecular weight is 270 g/mol. The molecule has 3 nitrogen and oxygen atoms in total. The van der Waals surface area contributed by atoms with Crippen molar-refractivity contribution in [3.63, 3.8) is 0 Å². The molecule has 1 aliphatic heterocycles. The van der Waals surface area contributed by atoms with Crippen LogP contribution in [0.25, 0.3) is 0 Å². The van der Waals surface area contributed by atoms with Gasteiger partial charge in [-0.25, -0.2) is 4.39 Å². The topological polar surface area (TPSA) is 32.3 Å². The number of nitrogens with zero attached hydrogens (tertiary/aromatic N) is 1. The predicted octanol–water partition coefficient (Wildman–Crippen LogP) is 1.88. The van der Waals surface area contributed by atoms with E-state index in [1.807, 2.05) is 20.8 Å². The first-order valence-electron chi connectivity index (χ1n) is 5.74. The Morgan fingerprint density at radius 3 is 2.28 bits per heavy atom. The number of halogens is 4. The lowest BCUT2D eigenvalue weighted by molar-refractivity contribution is -0.160. The first kappa shape index (κ1) is 15.2. The van der Waals surface area contributed by atoms with Gasteiger partial charge in [-0.05, 0) is 20.8 Å². The van der Waals surface area contributed by atoms with Gasteiger partial charge in [0.1, 0.15) is 12.6 Å². The lowest BCUT2D eigenvalue weighted by Gasteiger charge is -2.26. The van der Waals surface area contributed by atoms with Crippen LogP contribution in [0.1, 0.15) is 27.2 Å². The maximum Gasteiger partial charge on any atom is 0.397 e. The standard InChI is InChI=1S/C11H18F4N2O/c1-10(2,3)16-8-6-17(5-7(8)12)9(18)4-11(13,14)15/h7-8,16H,4-6H2,1-3H3/t7-,8+/m0/s1. The first-order valence-corrected chi connectivity index (χ1v) is 5.74. The minimum absolute atomic E-state index is 0.0205. The van der Waals surface area contributed by atoms with Gasteiger partial charge in [0.15, 0.2) is 0 Å². The second-order valence-corrected chi connectivity index (χ2v) is 5.61. The average Bonchev–Trinajstić information content (AvgIpc) is 2.42. The van der Waals surface area contributed by atoms with Gasteiger partial charge < -0.3 is 10.2 Å². The van der Waals surface area contributed by atoms with Crippen molar-refractivity contribution in [1.29, 1.82) is 0 Å². The molecule has 0 aromatic carbocycles. The molecule has 7 heteroatoms. The highest BCUT2D eigenvalue weighted by Crippen LogP contribution is 2.23. The monoisotopic (exact) mass is 270 g/mol. The van der Waals surface area contributed by atoms with Crippen LogP contribution in [-0.4, -0.2) is 47.8 Å². The highest BCUT2D eigenvalue weighted by Gasteiger charge is 2.40. The van der Waals surface area contributed by atoms with Crippen molar-refractivity contribution in [2.75, 3.05) is 13.1 Å². The Morgan fingerprint density at radius 2 is 1.83 bits per heavy atom. The van der Waals surface area contributed by atoms with Crippen LogP contribution < -0.4 is 5.32 Å². The molecule has 0 aromatic heterocycles. The Morgan fingerprint density at radius 1 is 1.28 bits per heavy atom. The third kappa shape index (κ3) is 4.80. The molecular weight excluding hydrogens is 252 g/mol. The molecule has 2 atom stereocenters. The van der Waals surface area contributed by atoms with E-state index in [0.29, 0.717) is 0 Å². The van der Waals surface area contributed by atoms with Gasteiger partial charge in [0.05, 0.1) is 12.6 Å². The van der Waals surface area contributed by atoms with Crippen LogP contribution in [0.2, 0.25) is 0 Å². The molecule has 1 N–H and O–H groups in total. The van der Waals surface area contributed by atoms with Crippen LogP contribution >= 0.6 is 0 Å². The van der Waals surface area contributed by atoms with E-state index in [0.717, 1.165) is 4.90 Å². The van der Waals surface area contributed by atoms with E-state index in [9.17, 15) is 22.4 Å². The number of carbonyl (C=O) groups excluding carboxylic acids is 1. The van der Waals surface area contributed by atoms with E-state index >= 15 is 0 Å². The summed E-state index contributed by atoms with van der Waals surface area (Å²) in [6.45, 7) is 5.20.